The van der Waals surface area contributed by atoms with Crippen LogP contribution in [0.2, 0.25) is 0 Å². The Morgan fingerprint density at radius 2 is 1.88 bits per heavy atom. The first kappa shape index (κ1) is 23.1. The molecule has 0 fully saturated rings. The molecule has 1 N–H and O–H groups in total. The lowest BCUT2D eigenvalue weighted by Gasteiger charge is -2.14. The number of para-hydroxylation sites is 3. The van der Waals surface area contributed by atoms with Crippen molar-refractivity contribution >= 4 is 28.3 Å². The van der Waals surface area contributed by atoms with Crippen molar-refractivity contribution in [1.82, 2.24) is 14.9 Å². The van der Waals surface area contributed by atoms with Crippen LogP contribution in [-0.4, -0.2) is 28.6 Å². The minimum atomic E-state index is -0.00247. The van der Waals surface area contributed by atoms with E-state index in [0.717, 1.165) is 53.3 Å². The first-order valence-corrected chi connectivity index (χ1v) is 12.5. The quantitative estimate of drug-likeness (QED) is 0.277. The van der Waals surface area contributed by atoms with Crippen molar-refractivity contribution in [1.29, 1.82) is 0 Å². The van der Waals surface area contributed by atoms with Crippen LogP contribution in [0.4, 0.5) is 0 Å². The largest absolute Gasteiger partial charge is 0.493 e. The molecule has 0 unspecified atom stereocenters. The number of nitrogens with zero attached hydrogens (tertiary/aromatic N) is 2. The Bertz CT molecular complexity index is 1180. The van der Waals surface area contributed by atoms with Gasteiger partial charge < -0.3 is 14.6 Å². The summed E-state index contributed by atoms with van der Waals surface area (Å²) in [6.45, 7) is 6.52. The predicted molar refractivity (Wildman–Crippen MR) is 135 cm³/mol. The van der Waals surface area contributed by atoms with Gasteiger partial charge in [0.25, 0.3) is 5.91 Å². The molecule has 0 bridgehead atoms. The summed E-state index contributed by atoms with van der Waals surface area (Å²) in [7, 11) is 0. The van der Waals surface area contributed by atoms with Gasteiger partial charge in [0, 0.05) is 19.5 Å². The van der Waals surface area contributed by atoms with Crippen LogP contribution in [0.5, 0.6) is 5.75 Å². The number of rotatable bonds is 11. The third-order valence-electron chi connectivity index (χ3n) is 5.67. The molecule has 6 heteroatoms. The van der Waals surface area contributed by atoms with Gasteiger partial charge in [-0.15, -0.1) is 11.3 Å². The molecule has 0 aliphatic heterocycles. The van der Waals surface area contributed by atoms with E-state index in [9.17, 15) is 4.79 Å². The topological polar surface area (TPSA) is 56.1 Å². The van der Waals surface area contributed by atoms with Gasteiger partial charge in [-0.2, -0.15) is 0 Å². The van der Waals surface area contributed by atoms with Crippen LogP contribution >= 0.6 is 11.3 Å². The number of aryl methyl sites for hydroxylation is 2. The van der Waals surface area contributed by atoms with Crippen LogP contribution in [0.15, 0.2) is 66.0 Å². The molecule has 0 saturated heterocycles. The van der Waals surface area contributed by atoms with Gasteiger partial charge in [-0.1, -0.05) is 50.2 Å². The van der Waals surface area contributed by atoms with E-state index in [-0.39, 0.29) is 5.91 Å². The number of fused-ring (bicyclic) bond motifs is 1. The summed E-state index contributed by atoms with van der Waals surface area (Å²) in [4.78, 5) is 17.8. The lowest BCUT2D eigenvalue weighted by molar-refractivity contribution is 0.0957. The van der Waals surface area contributed by atoms with Crippen LogP contribution in [0.1, 0.15) is 53.7 Å². The number of carbonyl (C=O) groups is 1. The number of nitrogens with one attached hydrogen (secondary N) is 1. The smallest absolute Gasteiger partial charge is 0.261 e. The summed E-state index contributed by atoms with van der Waals surface area (Å²) < 4.78 is 8.43. The molecule has 172 valence electrons. The number of hydrogen-bond donors (Lipinski definition) is 1. The zero-order chi connectivity index (χ0) is 23.0. The molecule has 4 aromatic rings. The maximum absolute atomic E-state index is 12.1. The SMILES string of the molecule is CC(C)c1ccccc1OCCCn1c(CCCNC(=O)c2cccs2)nc2ccccc21. The fraction of sp³-hybridized carbons (Fsp3) is 0.333. The number of hydrogen-bond acceptors (Lipinski definition) is 4. The number of aromatic nitrogens is 2. The Kier molecular flexibility index (Phi) is 7.79. The van der Waals surface area contributed by atoms with Crippen molar-refractivity contribution in [3.63, 3.8) is 0 Å². The van der Waals surface area contributed by atoms with Gasteiger partial charge >= 0.3 is 0 Å². The number of benzene rings is 2. The molecular weight excluding hydrogens is 430 g/mol. The van der Waals surface area contributed by atoms with Gasteiger partial charge in [-0.05, 0) is 54.0 Å². The molecule has 5 nitrogen and oxygen atoms in total. The summed E-state index contributed by atoms with van der Waals surface area (Å²) in [6.07, 6.45) is 2.56. The monoisotopic (exact) mass is 461 g/mol. The number of amides is 1. The van der Waals surface area contributed by atoms with Crippen molar-refractivity contribution in [2.24, 2.45) is 0 Å². The first-order valence-electron chi connectivity index (χ1n) is 11.6. The standard InChI is InChI=1S/C27H31N3O2S/c1-20(2)21-10-3-6-13-24(21)32-18-9-17-30-23-12-5-4-11-22(23)29-26(30)15-7-16-28-27(31)25-14-8-19-33-25/h3-6,8,10-14,19-20H,7,9,15-18H2,1-2H3,(H,28,31). The van der Waals surface area contributed by atoms with Crippen LogP contribution in [0.25, 0.3) is 11.0 Å². The molecule has 0 atom stereocenters. The van der Waals surface area contributed by atoms with Gasteiger partial charge in [0.1, 0.15) is 11.6 Å². The average Bonchev–Trinajstić information content (AvgIpc) is 3.48. The van der Waals surface area contributed by atoms with Crippen molar-refractivity contribution in [2.45, 2.75) is 45.6 Å². The molecule has 0 aliphatic rings. The van der Waals surface area contributed by atoms with Crippen LogP contribution < -0.4 is 10.1 Å². The third-order valence-corrected chi connectivity index (χ3v) is 6.53. The maximum atomic E-state index is 12.1. The number of carbonyl (C=O) groups excluding carboxylic acids is 1. The van der Waals surface area contributed by atoms with Gasteiger partial charge in [0.2, 0.25) is 0 Å². The molecule has 0 saturated carbocycles. The van der Waals surface area contributed by atoms with Crippen molar-refractivity contribution < 1.29 is 9.53 Å². The highest BCUT2D eigenvalue weighted by Crippen LogP contribution is 2.26. The molecule has 0 aliphatic carbocycles. The van der Waals surface area contributed by atoms with Gasteiger partial charge in [-0.25, -0.2) is 4.98 Å². The molecular formula is C27H31N3O2S. The highest BCUT2D eigenvalue weighted by atomic mass is 32.1. The van der Waals surface area contributed by atoms with E-state index in [4.69, 9.17) is 9.72 Å². The minimum Gasteiger partial charge on any atom is -0.493 e. The Hall–Kier alpha value is -3.12. The fourth-order valence-corrected chi connectivity index (χ4v) is 4.64. The second-order valence-electron chi connectivity index (χ2n) is 8.40. The highest BCUT2D eigenvalue weighted by Gasteiger charge is 2.12. The van der Waals surface area contributed by atoms with E-state index in [0.29, 0.717) is 19.1 Å². The summed E-state index contributed by atoms with van der Waals surface area (Å²) in [5.74, 6) is 2.47. The van der Waals surface area contributed by atoms with E-state index < -0.39 is 0 Å². The van der Waals surface area contributed by atoms with Gasteiger partial charge in [0.15, 0.2) is 0 Å². The molecule has 0 radical (unpaired) electrons. The number of thiophene rings is 1. The Balaban J connectivity index is 1.34. The van der Waals surface area contributed by atoms with Crippen LogP contribution in [-0.2, 0) is 13.0 Å². The third kappa shape index (κ3) is 5.82. The summed E-state index contributed by atoms with van der Waals surface area (Å²) >= 11 is 1.46. The second-order valence-corrected chi connectivity index (χ2v) is 9.35. The fourth-order valence-electron chi connectivity index (χ4n) is 4.00. The van der Waals surface area contributed by atoms with Crippen LogP contribution in [0, 0.1) is 0 Å². The zero-order valence-electron chi connectivity index (χ0n) is 19.3. The molecule has 0 spiro atoms. The van der Waals surface area contributed by atoms with E-state index in [2.05, 4.69) is 60.1 Å². The van der Waals surface area contributed by atoms with Crippen molar-refractivity contribution in [3.8, 4) is 5.75 Å². The lowest BCUT2D eigenvalue weighted by Crippen LogP contribution is -2.24. The zero-order valence-corrected chi connectivity index (χ0v) is 20.1. The van der Waals surface area contributed by atoms with E-state index >= 15 is 0 Å². The molecule has 33 heavy (non-hydrogen) atoms. The summed E-state index contributed by atoms with van der Waals surface area (Å²) in [5.41, 5.74) is 3.41. The van der Waals surface area contributed by atoms with Gasteiger partial charge in [0.05, 0.1) is 22.5 Å². The van der Waals surface area contributed by atoms with Crippen molar-refractivity contribution in [3.05, 3.63) is 82.3 Å². The van der Waals surface area contributed by atoms with Crippen LogP contribution in [0.3, 0.4) is 0 Å². The van der Waals surface area contributed by atoms with E-state index in [1.165, 1.54) is 16.9 Å². The number of ether oxygens (including phenoxy) is 1. The molecule has 4 rings (SSSR count). The van der Waals surface area contributed by atoms with Gasteiger partial charge in [-0.3, -0.25) is 4.79 Å². The summed E-state index contributed by atoms with van der Waals surface area (Å²) in [6, 6.07) is 20.3. The van der Waals surface area contributed by atoms with E-state index in [1.54, 1.807) is 0 Å². The van der Waals surface area contributed by atoms with E-state index in [1.807, 2.05) is 29.6 Å². The molecule has 2 aromatic heterocycles. The molecule has 2 heterocycles. The molecule has 2 aromatic carbocycles. The Morgan fingerprint density at radius 1 is 1.06 bits per heavy atom. The predicted octanol–water partition coefficient (Wildman–Crippen LogP) is 6.05. The van der Waals surface area contributed by atoms with Crippen molar-refractivity contribution in [2.75, 3.05) is 13.2 Å². The minimum absolute atomic E-state index is 0.00247. The highest BCUT2D eigenvalue weighted by molar-refractivity contribution is 7.12. The Labute approximate surface area is 199 Å². The average molecular weight is 462 g/mol. The maximum Gasteiger partial charge on any atom is 0.261 e. The normalized spacial score (nSPS) is 11.2. The molecule has 1 amide bonds. The lowest BCUT2D eigenvalue weighted by atomic mass is 10.0. The second kappa shape index (κ2) is 11.1. The number of imidazole rings is 1. The first-order chi connectivity index (χ1) is 16.1. The summed E-state index contributed by atoms with van der Waals surface area (Å²) in [5, 5.41) is 4.93. The Morgan fingerprint density at radius 3 is 2.70 bits per heavy atom.